The lowest BCUT2D eigenvalue weighted by molar-refractivity contribution is -0.387. The van der Waals surface area contributed by atoms with Gasteiger partial charge in [-0.1, -0.05) is 0 Å². The Kier molecular flexibility index (Phi) is 4.41. The number of hydrogen-bond acceptors (Lipinski definition) is 5. The highest BCUT2D eigenvalue weighted by molar-refractivity contribution is 7.99. The highest BCUT2D eigenvalue weighted by atomic mass is 32.2. The normalized spacial score (nSPS) is 18.3. The molecule has 1 N–H and O–H groups in total. The highest BCUT2D eigenvalue weighted by Crippen LogP contribution is 2.23. The molecule has 0 aliphatic carbocycles. The summed E-state index contributed by atoms with van der Waals surface area (Å²) in [5.74, 6) is -1.98. The molecule has 1 aromatic rings. The maximum Gasteiger partial charge on any atom is 0.327 e. The molecule has 9 heteroatoms. The molecule has 1 aromatic carbocycles. The van der Waals surface area contributed by atoms with Gasteiger partial charge in [0.1, 0.15) is 6.04 Å². The van der Waals surface area contributed by atoms with E-state index in [2.05, 4.69) is 0 Å². The van der Waals surface area contributed by atoms with Gasteiger partial charge in [0.05, 0.1) is 4.92 Å². The van der Waals surface area contributed by atoms with Crippen LogP contribution in [0.3, 0.4) is 0 Å². The van der Waals surface area contributed by atoms with E-state index in [-0.39, 0.29) is 17.9 Å². The summed E-state index contributed by atoms with van der Waals surface area (Å²) in [6.45, 7) is 0.228. The first-order valence-electron chi connectivity index (χ1n) is 5.97. The van der Waals surface area contributed by atoms with Crippen LogP contribution in [0.2, 0.25) is 0 Å². The van der Waals surface area contributed by atoms with Crippen LogP contribution in [0.25, 0.3) is 0 Å². The molecule has 7 nitrogen and oxygen atoms in total. The van der Waals surface area contributed by atoms with Gasteiger partial charge in [-0.3, -0.25) is 14.9 Å². The van der Waals surface area contributed by atoms with E-state index < -0.39 is 34.3 Å². The fraction of sp³-hybridized carbons (Fsp3) is 0.333. The SMILES string of the molecule is O=C(O)C1CSCCN1C(=O)c1ccc(F)c([N+](=O)[O-])c1. The first-order chi connectivity index (χ1) is 9.91. The summed E-state index contributed by atoms with van der Waals surface area (Å²) in [7, 11) is 0. The molecule has 1 unspecified atom stereocenters. The van der Waals surface area contributed by atoms with Crippen LogP contribution < -0.4 is 0 Å². The number of amides is 1. The van der Waals surface area contributed by atoms with Crippen LogP contribution in [-0.4, -0.2) is 50.9 Å². The molecule has 1 aliphatic rings. The molecule has 0 aromatic heterocycles. The van der Waals surface area contributed by atoms with E-state index in [1.807, 2.05) is 0 Å². The standard InChI is InChI=1S/C12H11FN2O5S/c13-8-2-1-7(5-9(8)15(19)20)11(16)14-3-4-21-6-10(14)12(17)18/h1-2,5,10H,3-4,6H2,(H,17,18). The van der Waals surface area contributed by atoms with Crippen molar-refractivity contribution in [3.63, 3.8) is 0 Å². The Bertz CT molecular complexity index is 609. The fourth-order valence-corrected chi connectivity index (χ4v) is 3.04. The van der Waals surface area contributed by atoms with Crippen molar-refractivity contribution in [3.05, 3.63) is 39.7 Å². The molecular formula is C12H11FN2O5S. The van der Waals surface area contributed by atoms with E-state index in [0.717, 1.165) is 23.1 Å². The number of hydrogen-bond donors (Lipinski definition) is 1. The van der Waals surface area contributed by atoms with E-state index in [1.54, 1.807) is 0 Å². The lowest BCUT2D eigenvalue weighted by Gasteiger charge is -2.32. The predicted molar refractivity (Wildman–Crippen MR) is 72.8 cm³/mol. The predicted octanol–water partition coefficient (Wildman–Crippen LogP) is 1.38. The second-order valence-corrected chi connectivity index (χ2v) is 5.50. The van der Waals surface area contributed by atoms with Crippen molar-refractivity contribution in [1.82, 2.24) is 4.90 Å². The van der Waals surface area contributed by atoms with E-state index in [1.165, 1.54) is 11.8 Å². The van der Waals surface area contributed by atoms with Crippen molar-refractivity contribution < 1.29 is 24.0 Å². The van der Waals surface area contributed by atoms with Gasteiger partial charge >= 0.3 is 11.7 Å². The summed E-state index contributed by atoms with van der Waals surface area (Å²) < 4.78 is 13.3. The maximum absolute atomic E-state index is 13.3. The maximum atomic E-state index is 13.3. The summed E-state index contributed by atoms with van der Waals surface area (Å²) in [5.41, 5.74) is -0.902. The smallest absolute Gasteiger partial charge is 0.327 e. The third kappa shape index (κ3) is 3.13. The van der Waals surface area contributed by atoms with E-state index in [4.69, 9.17) is 5.11 Å². The number of thioether (sulfide) groups is 1. The molecule has 1 atom stereocenters. The third-order valence-corrected chi connectivity index (χ3v) is 4.09. The largest absolute Gasteiger partial charge is 0.480 e. The van der Waals surface area contributed by atoms with Crippen LogP contribution in [0.4, 0.5) is 10.1 Å². The molecule has 0 radical (unpaired) electrons. The molecule has 2 rings (SSSR count). The third-order valence-electron chi connectivity index (χ3n) is 3.06. The number of benzene rings is 1. The van der Waals surface area contributed by atoms with Gasteiger partial charge in [-0.15, -0.1) is 0 Å². The monoisotopic (exact) mass is 314 g/mol. The van der Waals surface area contributed by atoms with Gasteiger partial charge in [-0.2, -0.15) is 16.2 Å². The van der Waals surface area contributed by atoms with Crippen LogP contribution in [0.5, 0.6) is 0 Å². The van der Waals surface area contributed by atoms with Gasteiger partial charge in [0.25, 0.3) is 5.91 Å². The van der Waals surface area contributed by atoms with E-state index in [0.29, 0.717) is 5.75 Å². The molecule has 0 saturated carbocycles. The van der Waals surface area contributed by atoms with Crippen LogP contribution in [0.15, 0.2) is 18.2 Å². The Labute approximate surface area is 122 Å². The summed E-state index contributed by atoms with van der Waals surface area (Å²) in [6, 6.07) is 1.80. The number of halogens is 1. The molecular weight excluding hydrogens is 303 g/mol. The Morgan fingerprint density at radius 3 is 2.81 bits per heavy atom. The first-order valence-corrected chi connectivity index (χ1v) is 7.12. The molecule has 1 saturated heterocycles. The average Bonchev–Trinajstić information content (AvgIpc) is 2.46. The molecule has 1 amide bonds. The number of aliphatic carboxylic acids is 1. The van der Waals surface area contributed by atoms with Crippen LogP contribution >= 0.6 is 11.8 Å². The molecule has 1 fully saturated rings. The topological polar surface area (TPSA) is 101 Å². The number of nitrogens with zero attached hydrogens (tertiary/aromatic N) is 2. The second kappa shape index (κ2) is 6.08. The van der Waals surface area contributed by atoms with Gasteiger partial charge in [-0.05, 0) is 12.1 Å². The first kappa shape index (κ1) is 15.2. The zero-order chi connectivity index (χ0) is 15.6. The summed E-state index contributed by atoms with van der Waals surface area (Å²) in [6.07, 6.45) is 0. The van der Waals surface area contributed by atoms with E-state index in [9.17, 15) is 24.1 Å². The molecule has 1 aliphatic heterocycles. The number of carboxylic acid groups (broad SMARTS) is 1. The fourth-order valence-electron chi connectivity index (χ4n) is 2.00. The zero-order valence-corrected chi connectivity index (χ0v) is 11.5. The lowest BCUT2D eigenvalue weighted by Crippen LogP contribution is -2.50. The summed E-state index contributed by atoms with van der Waals surface area (Å²) in [4.78, 5) is 34.4. The highest BCUT2D eigenvalue weighted by Gasteiger charge is 2.33. The minimum Gasteiger partial charge on any atom is -0.480 e. The molecule has 112 valence electrons. The van der Waals surface area contributed by atoms with Crippen molar-refractivity contribution in [1.29, 1.82) is 0 Å². The zero-order valence-electron chi connectivity index (χ0n) is 10.7. The Balaban J connectivity index is 2.32. The van der Waals surface area contributed by atoms with Crippen LogP contribution in [0, 0.1) is 15.9 Å². The van der Waals surface area contributed by atoms with Gasteiger partial charge in [0, 0.05) is 29.7 Å². The molecule has 21 heavy (non-hydrogen) atoms. The Hall–Kier alpha value is -2.16. The number of rotatable bonds is 3. The van der Waals surface area contributed by atoms with Crippen molar-refractivity contribution in [2.75, 3.05) is 18.1 Å². The molecule has 0 spiro atoms. The Morgan fingerprint density at radius 1 is 1.48 bits per heavy atom. The number of carbonyl (C=O) groups excluding carboxylic acids is 1. The Morgan fingerprint density at radius 2 is 2.19 bits per heavy atom. The van der Waals surface area contributed by atoms with Crippen molar-refractivity contribution in [2.45, 2.75) is 6.04 Å². The minimum absolute atomic E-state index is 0.0961. The van der Waals surface area contributed by atoms with Crippen LogP contribution in [0.1, 0.15) is 10.4 Å². The average molecular weight is 314 g/mol. The number of carbonyl (C=O) groups is 2. The molecule has 0 bridgehead atoms. The van der Waals surface area contributed by atoms with Gasteiger partial charge in [0.15, 0.2) is 0 Å². The molecule has 1 heterocycles. The van der Waals surface area contributed by atoms with Crippen molar-refractivity contribution >= 4 is 29.3 Å². The van der Waals surface area contributed by atoms with Gasteiger partial charge < -0.3 is 10.0 Å². The number of nitro benzene ring substituents is 1. The minimum atomic E-state index is -1.13. The van der Waals surface area contributed by atoms with Crippen molar-refractivity contribution in [2.24, 2.45) is 0 Å². The van der Waals surface area contributed by atoms with Gasteiger partial charge in [-0.25, -0.2) is 4.79 Å². The second-order valence-electron chi connectivity index (χ2n) is 4.35. The van der Waals surface area contributed by atoms with Crippen LogP contribution in [-0.2, 0) is 4.79 Å². The van der Waals surface area contributed by atoms with Crippen molar-refractivity contribution in [3.8, 4) is 0 Å². The summed E-state index contributed by atoms with van der Waals surface area (Å²) in [5, 5.41) is 19.8. The summed E-state index contributed by atoms with van der Waals surface area (Å²) >= 11 is 1.42. The quantitative estimate of drug-likeness (QED) is 0.668. The number of nitro groups is 1. The number of carboxylic acids is 1. The van der Waals surface area contributed by atoms with Gasteiger partial charge in [0.2, 0.25) is 5.82 Å². The lowest BCUT2D eigenvalue weighted by atomic mass is 10.1. The van der Waals surface area contributed by atoms with E-state index >= 15 is 0 Å².